The predicted octanol–water partition coefficient (Wildman–Crippen LogP) is 6.11. The van der Waals surface area contributed by atoms with Gasteiger partial charge >= 0.3 is 0 Å². The van der Waals surface area contributed by atoms with Crippen molar-refractivity contribution in [3.63, 3.8) is 0 Å². The van der Waals surface area contributed by atoms with E-state index in [1.165, 1.54) is 44.1 Å². The van der Waals surface area contributed by atoms with Crippen molar-refractivity contribution in [1.29, 1.82) is 0 Å². The Hall–Kier alpha value is -2.00. The molecule has 4 saturated carbocycles. The average Bonchev–Trinajstić information content (AvgIpc) is 2.69. The predicted molar refractivity (Wildman–Crippen MR) is 121 cm³/mol. The van der Waals surface area contributed by atoms with Gasteiger partial charge in [-0.15, -0.1) is 0 Å². The SMILES string of the molecule is COc1cc(CNC23CC4CC(C)(CC(C)(C4)C2)C3)ccc1OCc1ccccc1. The number of hydrogen-bond donors (Lipinski definition) is 1. The van der Waals surface area contributed by atoms with Crippen molar-refractivity contribution in [2.75, 3.05) is 7.11 Å². The molecule has 2 atom stereocenters. The third-order valence-corrected chi connectivity index (χ3v) is 7.76. The normalized spacial score (nSPS) is 34.2. The standard InChI is InChI=1S/C27H35NO2/c1-25-12-22-13-26(2,17-25)19-27(14-22,18-25)28-15-21-9-10-23(24(11-21)29-3)30-16-20-7-5-4-6-8-20/h4-11,22,28H,12-19H2,1-3H3. The minimum atomic E-state index is 0.318. The molecule has 0 aromatic heterocycles. The first-order valence-corrected chi connectivity index (χ1v) is 11.5. The Morgan fingerprint density at radius 2 is 1.60 bits per heavy atom. The molecule has 0 saturated heterocycles. The lowest BCUT2D eigenvalue weighted by atomic mass is 9.43. The van der Waals surface area contributed by atoms with E-state index < -0.39 is 0 Å². The molecular formula is C27H35NO2. The highest BCUT2D eigenvalue weighted by Crippen LogP contribution is 2.66. The Bertz CT molecular complexity index is 890. The van der Waals surface area contributed by atoms with Crippen molar-refractivity contribution in [3.8, 4) is 11.5 Å². The number of benzene rings is 2. The molecule has 6 rings (SSSR count). The third kappa shape index (κ3) is 3.85. The lowest BCUT2D eigenvalue weighted by Crippen LogP contribution is -2.63. The smallest absolute Gasteiger partial charge is 0.161 e. The molecule has 4 aliphatic rings. The summed E-state index contributed by atoms with van der Waals surface area (Å²) in [6, 6.07) is 16.6. The molecule has 2 aromatic rings. The molecule has 0 amide bonds. The van der Waals surface area contributed by atoms with Gasteiger partial charge in [0.2, 0.25) is 0 Å². The van der Waals surface area contributed by atoms with Crippen LogP contribution in [0, 0.1) is 16.7 Å². The summed E-state index contributed by atoms with van der Waals surface area (Å²) in [6.07, 6.45) is 8.32. The van der Waals surface area contributed by atoms with Crippen LogP contribution < -0.4 is 14.8 Å². The molecule has 0 aliphatic heterocycles. The molecule has 1 N–H and O–H groups in total. The molecule has 160 valence electrons. The largest absolute Gasteiger partial charge is 0.493 e. The maximum absolute atomic E-state index is 6.03. The zero-order valence-electron chi connectivity index (χ0n) is 18.7. The van der Waals surface area contributed by atoms with E-state index in [1.54, 1.807) is 7.11 Å². The zero-order chi connectivity index (χ0) is 20.8. The summed E-state index contributed by atoms with van der Waals surface area (Å²) < 4.78 is 11.7. The molecule has 4 aliphatic carbocycles. The van der Waals surface area contributed by atoms with Crippen molar-refractivity contribution in [2.24, 2.45) is 16.7 Å². The van der Waals surface area contributed by atoms with Gasteiger partial charge < -0.3 is 14.8 Å². The van der Waals surface area contributed by atoms with Gasteiger partial charge in [0.25, 0.3) is 0 Å². The van der Waals surface area contributed by atoms with Crippen LogP contribution in [-0.2, 0) is 13.2 Å². The van der Waals surface area contributed by atoms with Gasteiger partial charge in [0.15, 0.2) is 11.5 Å². The number of ether oxygens (including phenoxy) is 2. The van der Waals surface area contributed by atoms with E-state index in [0.717, 1.165) is 29.5 Å². The van der Waals surface area contributed by atoms with Crippen LogP contribution in [0.2, 0.25) is 0 Å². The summed E-state index contributed by atoms with van der Waals surface area (Å²) in [4.78, 5) is 0. The molecule has 3 nitrogen and oxygen atoms in total. The molecule has 2 unspecified atom stereocenters. The van der Waals surface area contributed by atoms with Gasteiger partial charge in [-0.2, -0.15) is 0 Å². The first-order chi connectivity index (χ1) is 14.4. The van der Waals surface area contributed by atoms with Gasteiger partial charge in [-0.1, -0.05) is 50.2 Å². The molecule has 4 fully saturated rings. The van der Waals surface area contributed by atoms with Gasteiger partial charge in [-0.3, -0.25) is 0 Å². The van der Waals surface area contributed by atoms with Gasteiger partial charge in [0.1, 0.15) is 6.61 Å². The Kier molecular flexibility index (Phi) is 4.85. The van der Waals surface area contributed by atoms with Crippen molar-refractivity contribution in [3.05, 3.63) is 59.7 Å². The summed E-state index contributed by atoms with van der Waals surface area (Å²) in [5, 5.41) is 4.03. The van der Waals surface area contributed by atoms with Crippen LogP contribution in [0.25, 0.3) is 0 Å². The lowest BCUT2D eigenvalue weighted by molar-refractivity contribution is -0.118. The highest BCUT2D eigenvalue weighted by molar-refractivity contribution is 5.43. The number of rotatable bonds is 7. The third-order valence-electron chi connectivity index (χ3n) is 7.76. The Labute approximate surface area is 181 Å². The average molecular weight is 406 g/mol. The minimum absolute atomic E-state index is 0.318. The van der Waals surface area contributed by atoms with Gasteiger partial charge in [0, 0.05) is 12.1 Å². The van der Waals surface area contributed by atoms with Crippen molar-refractivity contribution >= 4 is 0 Å². The topological polar surface area (TPSA) is 30.5 Å². The Balaban J connectivity index is 1.27. The monoisotopic (exact) mass is 405 g/mol. The van der Waals surface area contributed by atoms with Crippen molar-refractivity contribution in [1.82, 2.24) is 5.32 Å². The molecule has 4 bridgehead atoms. The van der Waals surface area contributed by atoms with E-state index in [4.69, 9.17) is 9.47 Å². The lowest BCUT2D eigenvalue weighted by Gasteiger charge is -2.65. The van der Waals surface area contributed by atoms with Gasteiger partial charge in [0.05, 0.1) is 7.11 Å². The van der Waals surface area contributed by atoms with Gasteiger partial charge in [-0.25, -0.2) is 0 Å². The molecule has 30 heavy (non-hydrogen) atoms. The fourth-order valence-electron chi connectivity index (χ4n) is 7.61. The maximum atomic E-state index is 6.03. The first-order valence-electron chi connectivity index (χ1n) is 11.5. The Morgan fingerprint density at radius 3 is 2.27 bits per heavy atom. The number of hydrogen-bond acceptors (Lipinski definition) is 3. The molecule has 0 spiro atoms. The maximum Gasteiger partial charge on any atom is 0.161 e. The second-order valence-corrected chi connectivity index (χ2v) is 11.0. The van der Waals surface area contributed by atoms with Crippen LogP contribution >= 0.6 is 0 Å². The highest BCUT2D eigenvalue weighted by atomic mass is 16.5. The van der Waals surface area contributed by atoms with Crippen LogP contribution in [0.1, 0.15) is 63.5 Å². The fraction of sp³-hybridized carbons (Fsp3) is 0.556. The summed E-state index contributed by atoms with van der Waals surface area (Å²) in [7, 11) is 1.72. The molecule has 2 aromatic carbocycles. The zero-order valence-corrected chi connectivity index (χ0v) is 18.7. The minimum Gasteiger partial charge on any atom is -0.493 e. The van der Waals surface area contributed by atoms with Crippen LogP contribution in [0.15, 0.2) is 48.5 Å². The summed E-state index contributed by atoms with van der Waals surface area (Å²) in [5.74, 6) is 2.53. The van der Waals surface area contributed by atoms with Gasteiger partial charge in [-0.05, 0) is 78.5 Å². The van der Waals surface area contributed by atoms with E-state index >= 15 is 0 Å². The van der Waals surface area contributed by atoms with Crippen LogP contribution in [-0.4, -0.2) is 12.6 Å². The first kappa shape index (κ1) is 19.9. The molecule has 0 radical (unpaired) electrons. The van der Waals surface area contributed by atoms with Crippen LogP contribution in [0.3, 0.4) is 0 Å². The van der Waals surface area contributed by atoms with E-state index in [-0.39, 0.29) is 0 Å². The number of nitrogens with one attached hydrogen (secondary N) is 1. The summed E-state index contributed by atoms with van der Waals surface area (Å²) >= 11 is 0. The second-order valence-electron chi connectivity index (χ2n) is 11.0. The van der Waals surface area contributed by atoms with Crippen LogP contribution in [0.4, 0.5) is 0 Å². The van der Waals surface area contributed by atoms with Crippen molar-refractivity contribution < 1.29 is 9.47 Å². The second kappa shape index (κ2) is 7.30. The summed E-state index contributed by atoms with van der Waals surface area (Å²) in [6.45, 7) is 6.52. The van der Waals surface area contributed by atoms with Crippen molar-refractivity contribution in [2.45, 2.75) is 71.1 Å². The summed E-state index contributed by atoms with van der Waals surface area (Å²) in [5.41, 5.74) is 3.82. The van der Waals surface area contributed by atoms with E-state index in [2.05, 4.69) is 49.5 Å². The highest BCUT2D eigenvalue weighted by Gasteiger charge is 2.59. The number of methoxy groups -OCH3 is 1. The van der Waals surface area contributed by atoms with E-state index in [1.807, 2.05) is 18.2 Å². The molecule has 3 heteroatoms. The van der Waals surface area contributed by atoms with Crippen LogP contribution in [0.5, 0.6) is 11.5 Å². The van der Waals surface area contributed by atoms with E-state index in [9.17, 15) is 0 Å². The van der Waals surface area contributed by atoms with E-state index in [0.29, 0.717) is 23.0 Å². The molecular weight excluding hydrogens is 370 g/mol. The quantitative estimate of drug-likeness (QED) is 0.602. The Morgan fingerprint density at radius 1 is 0.867 bits per heavy atom. The molecule has 0 heterocycles. The fourth-order valence-corrected chi connectivity index (χ4v) is 7.61.